The van der Waals surface area contributed by atoms with Crippen molar-refractivity contribution in [2.45, 2.75) is 35.4 Å². The minimum absolute atomic E-state index is 1.24. The van der Waals surface area contributed by atoms with Gasteiger partial charge in [-0.25, -0.2) is 0 Å². The van der Waals surface area contributed by atoms with E-state index in [1.807, 2.05) is 0 Å². The molecule has 0 fully saturated rings. The number of pyridine rings is 1. The Morgan fingerprint density at radius 1 is 1.21 bits per heavy atom. The predicted molar refractivity (Wildman–Crippen MR) is 64.1 cm³/mol. The zero-order valence-electron chi connectivity index (χ0n) is 9.88. The third-order valence-corrected chi connectivity index (χ3v) is 6.41. The van der Waals surface area contributed by atoms with Gasteiger partial charge in [-0.3, -0.25) is 0 Å². The SMILES string of the molecule is C[n+]1ccccc1CC[CH2][Ge]([CH3])([CH3])[CH3]. The summed E-state index contributed by atoms with van der Waals surface area (Å²) in [5.41, 5.74) is 1.46. The molecule has 0 N–H and O–H groups in total. The van der Waals surface area contributed by atoms with Crippen molar-refractivity contribution < 1.29 is 4.57 Å². The van der Waals surface area contributed by atoms with E-state index in [1.54, 1.807) is 0 Å². The minimum atomic E-state index is -1.29. The van der Waals surface area contributed by atoms with Crippen LogP contribution in [0.5, 0.6) is 0 Å². The molecule has 0 aliphatic carbocycles. The van der Waals surface area contributed by atoms with Crippen LogP contribution in [0.4, 0.5) is 0 Å². The van der Waals surface area contributed by atoms with E-state index in [2.05, 4.69) is 53.3 Å². The van der Waals surface area contributed by atoms with Gasteiger partial charge in [0.05, 0.1) is 0 Å². The van der Waals surface area contributed by atoms with E-state index in [0.29, 0.717) is 0 Å². The predicted octanol–water partition coefficient (Wildman–Crippen LogP) is 2.78. The first kappa shape index (κ1) is 11.8. The van der Waals surface area contributed by atoms with Crippen molar-refractivity contribution in [2.24, 2.45) is 7.05 Å². The summed E-state index contributed by atoms with van der Waals surface area (Å²) in [4.78, 5) is 0. The van der Waals surface area contributed by atoms with Crippen LogP contribution in [0.2, 0.25) is 22.5 Å². The number of aryl methyl sites for hydroxylation is 2. The summed E-state index contributed by atoms with van der Waals surface area (Å²) in [6.45, 7) is 0. The number of rotatable bonds is 4. The van der Waals surface area contributed by atoms with Gasteiger partial charge in [-0.2, -0.15) is 0 Å². The van der Waals surface area contributed by atoms with Crippen LogP contribution in [0.25, 0.3) is 0 Å². The second kappa shape index (κ2) is 4.97. The molecule has 0 radical (unpaired) electrons. The van der Waals surface area contributed by atoms with Crippen LogP contribution in [-0.2, 0) is 13.5 Å². The van der Waals surface area contributed by atoms with Crippen LogP contribution in [0.15, 0.2) is 24.4 Å². The van der Waals surface area contributed by atoms with E-state index < -0.39 is 13.3 Å². The molecule has 0 aliphatic rings. The second-order valence-electron chi connectivity index (χ2n) is 5.22. The Bertz CT molecular complexity index is 289. The molecule has 78 valence electrons. The summed E-state index contributed by atoms with van der Waals surface area (Å²) < 4.78 is 2.23. The van der Waals surface area contributed by atoms with Gasteiger partial charge in [0, 0.05) is 0 Å². The van der Waals surface area contributed by atoms with Gasteiger partial charge in [0.15, 0.2) is 0 Å². The van der Waals surface area contributed by atoms with Crippen LogP contribution in [0.1, 0.15) is 12.1 Å². The van der Waals surface area contributed by atoms with Crippen LogP contribution in [-0.4, -0.2) is 13.3 Å². The van der Waals surface area contributed by atoms with Crippen molar-refractivity contribution in [3.05, 3.63) is 30.1 Å². The van der Waals surface area contributed by atoms with Crippen molar-refractivity contribution in [3.8, 4) is 0 Å². The van der Waals surface area contributed by atoms with Gasteiger partial charge >= 0.3 is 90.3 Å². The van der Waals surface area contributed by atoms with Crippen LogP contribution < -0.4 is 4.57 Å². The molecule has 2 heteroatoms. The van der Waals surface area contributed by atoms with Gasteiger partial charge in [-0.1, -0.05) is 0 Å². The van der Waals surface area contributed by atoms with E-state index in [4.69, 9.17) is 0 Å². The molecular weight excluding hydrogens is 231 g/mol. The number of nitrogens with zero attached hydrogens (tertiary/aromatic N) is 1. The zero-order valence-corrected chi connectivity index (χ0v) is 12.0. The average molecular weight is 253 g/mol. The molecule has 0 saturated heterocycles. The topological polar surface area (TPSA) is 3.88 Å². The molecule has 0 bridgehead atoms. The van der Waals surface area contributed by atoms with Crippen molar-refractivity contribution in [1.82, 2.24) is 0 Å². The van der Waals surface area contributed by atoms with Crippen molar-refractivity contribution in [2.75, 3.05) is 0 Å². The maximum atomic E-state index is 2.49. The Morgan fingerprint density at radius 3 is 2.50 bits per heavy atom. The Labute approximate surface area is 90.5 Å². The molecule has 0 aliphatic heterocycles. The summed E-state index contributed by atoms with van der Waals surface area (Å²) in [6, 6.07) is 6.45. The number of hydrogen-bond donors (Lipinski definition) is 0. The molecule has 0 atom stereocenters. The maximum absolute atomic E-state index is 2.49. The van der Waals surface area contributed by atoms with E-state index in [-0.39, 0.29) is 0 Å². The van der Waals surface area contributed by atoms with E-state index in [9.17, 15) is 0 Å². The molecule has 1 rings (SSSR count). The first-order chi connectivity index (χ1) is 6.49. The molecule has 1 aromatic heterocycles. The Kier molecular flexibility index (Phi) is 4.17. The Hall–Kier alpha value is -0.307. The molecule has 1 aromatic rings. The van der Waals surface area contributed by atoms with Gasteiger partial charge in [-0.15, -0.1) is 0 Å². The van der Waals surface area contributed by atoms with Crippen LogP contribution in [0.3, 0.4) is 0 Å². The monoisotopic (exact) mass is 254 g/mol. The molecule has 0 saturated carbocycles. The van der Waals surface area contributed by atoms with Crippen molar-refractivity contribution >= 4 is 13.3 Å². The first-order valence-electron chi connectivity index (χ1n) is 5.42. The molecular formula is C12H22GeN+. The van der Waals surface area contributed by atoms with Crippen LogP contribution in [0, 0.1) is 0 Å². The van der Waals surface area contributed by atoms with Crippen molar-refractivity contribution in [1.29, 1.82) is 0 Å². The third kappa shape index (κ3) is 4.27. The van der Waals surface area contributed by atoms with Gasteiger partial charge in [0.2, 0.25) is 0 Å². The normalized spacial score (nSPS) is 11.7. The fraction of sp³-hybridized carbons (Fsp3) is 0.583. The number of aromatic nitrogens is 1. The molecule has 1 heterocycles. The van der Waals surface area contributed by atoms with Gasteiger partial charge in [0.1, 0.15) is 0 Å². The number of hydrogen-bond acceptors (Lipinski definition) is 0. The molecule has 0 aromatic carbocycles. The fourth-order valence-corrected chi connectivity index (χ4v) is 4.21. The summed E-state index contributed by atoms with van der Waals surface area (Å²) in [5.74, 6) is 7.47. The molecule has 0 amide bonds. The zero-order chi connectivity index (χ0) is 10.6. The van der Waals surface area contributed by atoms with E-state index >= 15 is 0 Å². The first-order valence-corrected chi connectivity index (χ1v) is 13.2. The molecule has 1 nitrogen and oxygen atoms in total. The second-order valence-corrected chi connectivity index (χ2v) is 17.0. The molecule has 0 unspecified atom stereocenters. The summed E-state index contributed by atoms with van der Waals surface area (Å²) in [7, 11) is 2.13. The van der Waals surface area contributed by atoms with Gasteiger partial charge < -0.3 is 0 Å². The third-order valence-electron chi connectivity index (χ3n) is 2.52. The van der Waals surface area contributed by atoms with Crippen molar-refractivity contribution in [3.63, 3.8) is 0 Å². The van der Waals surface area contributed by atoms with E-state index in [0.717, 1.165) is 0 Å². The average Bonchev–Trinajstić information content (AvgIpc) is 2.06. The van der Waals surface area contributed by atoms with Gasteiger partial charge in [0.25, 0.3) is 0 Å². The molecule has 0 spiro atoms. The molecule has 14 heavy (non-hydrogen) atoms. The quantitative estimate of drug-likeness (QED) is 0.573. The Morgan fingerprint density at radius 2 is 1.93 bits per heavy atom. The van der Waals surface area contributed by atoms with Gasteiger partial charge in [-0.05, 0) is 0 Å². The van der Waals surface area contributed by atoms with Crippen LogP contribution >= 0.6 is 0 Å². The fourth-order valence-electron chi connectivity index (χ4n) is 1.62. The van der Waals surface area contributed by atoms with E-state index in [1.165, 1.54) is 23.8 Å². The summed E-state index contributed by atoms with van der Waals surface area (Å²) >= 11 is -1.29. The standard InChI is InChI=1S/C12H22GeN/c1-13(2,3)10-7-9-12-8-5-6-11-14(12)4/h5-6,8,11H,7,9-10H2,1-4H3/q+1. The summed E-state index contributed by atoms with van der Waals surface area (Å²) in [6.07, 6.45) is 4.73. The summed E-state index contributed by atoms with van der Waals surface area (Å²) in [5, 5.41) is 1.48. The Balaban J connectivity index is 2.43.